The van der Waals surface area contributed by atoms with Crippen molar-refractivity contribution in [3.63, 3.8) is 0 Å². The van der Waals surface area contributed by atoms with Crippen molar-refractivity contribution in [2.45, 2.75) is 53.4 Å². The smallest absolute Gasteiger partial charge is 0.119 e. The van der Waals surface area contributed by atoms with Crippen LogP contribution in [-0.2, 0) is 19.3 Å². The minimum atomic E-state index is 0.965. The molecular formula is C21H28O. The Balaban J connectivity index is 2.21. The van der Waals surface area contributed by atoms with Gasteiger partial charge in [0.05, 0.1) is 7.11 Å². The van der Waals surface area contributed by atoms with Gasteiger partial charge in [-0.3, -0.25) is 0 Å². The Kier molecular flexibility index (Phi) is 5.65. The van der Waals surface area contributed by atoms with Crippen LogP contribution in [0.2, 0.25) is 0 Å². The average molecular weight is 296 g/mol. The summed E-state index contributed by atoms with van der Waals surface area (Å²) in [6.45, 7) is 8.85. The zero-order valence-electron chi connectivity index (χ0n) is 14.6. The van der Waals surface area contributed by atoms with Gasteiger partial charge in [0, 0.05) is 0 Å². The van der Waals surface area contributed by atoms with Crippen LogP contribution >= 0.6 is 0 Å². The number of hydrogen-bond acceptors (Lipinski definition) is 1. The van der Waals surface area contributed by atoms with Gasteiger partial charge in [0.25, 0.3) is 0 Å². The van der Waals surface area contributed by atoms with E-state index in [0.717, 1.165) is 25.0 Å². The van der Waals surface area contributed by atoms with Gasteiger partial charge >= 0.3 is 0 Å². The maximum Gasteiger partial charge on any atom is 0.119 e. The lowest BCUT2D eigenvalue weighted by atomic mass is 9.93. The molecule has 1 nitrogen and oxygen atoms in total. The molecule has 0 aliphatic heterocycles. The third-order valence-electron chi connectivity index (χ3n) is 4.55. The minimum absolute atomic E-state index is 0.965. The van der Waals surface area contributed by atoms with Gasteiger partial charge in [0.2, 0.25) is 0 Å². The Morgan fingerprint density at radius 1 is 0.727 bits per heavy atom. The van der Waals surface area contributed by atoms with E-state index in [1.54, 1.807) is 7.11 Å². The van der Waals surface area contributed by atoms with Crippen LogP contribution in [0.25, 0.3) is 0 Å². The van der Waals surface area contributed by atoms with Crippen LogP contribution in [0.15, 0.2) is 30.3 Å². The van der Waals surface area contributed by atoms with Crippen LogP contribution in [0.1, 0.15) is 46.7 Å². The Morgan fingerprint density at radius 2 is 1.41 bits per heavy atom. The van der Waals surface area contributed by atoms with Crippen LogP contribution in [0.3, 0.4) is 0 Å². The molecule has 0 aliphatic rings. The highest BCUT2D eigenvalue weighted by molar-refractivity contribution is 5.39. The Morgan fingerprint density at radius 3 is 2.09 bits per heavy atom. The van der Waals surface area contributed by atoms with Crippen LogP contribution in [-0.4, -0.2) is 7.11 Å². The molecule has 0 unspecified atom stereocenters. The minimum Gasteiger partial charge on any atom is -0.497 e. The van der Waals surface area contributed by atoms with E-state index >= 15 is 0 Å². The molecule has 0 radical (unpaired) electrons. The van der Waals surface area contributed by atoms with Crippen molar-refractivity contribution in [3.05, 3.63) is 63.7 Å². The molecule has 0 spiro atoms. The molecule has 0 aliphatic carbocycles. The Bertz CT molecular complexity index is 641. The fourth-order valence-corrected chi connectivity index (χ4v) is 3.03. The molecule has 1 heteroatoms. The van der Waals surface area contributed by atoms with E-state index in [1.807, 2.05) is 0 Å². The predicted octanol–water partition coefficient (Wildman–Crippen LogP) is 5.36. The van der Waals surface area contributed by atoms with Crippen molar-refractivity contribution < 1.29 is 4.74 Å². The quantitative estimate of drug-likeness (QED) is 0.697. The number of methoxy groups -OCH3 is 1. The normalized spacial score (nSPS) is 10.8. The summed E-state index contributed by atoms with van der Waals surface area (Å²) >= 11 is 0. The van der Waals surface area contributed by atoms with E-state index in [-0.39, 0.29) is 0 Å². The zero-order valence-corrected chi connectivity index (χ0v) is 14.6. The molecule has 0 heterocycles. The molecule has 0 bridgehead atoms. The topological polar surface area (TPSA) is 9.23 Å². The molecule has 2 aromatic rings. The van der Waals surface area contributed by atoms with E-state index < -0.39 is 0 Å². The van der Waals surface area contributed by atoms with Crippen molar-refractivity contribution >= 4 is 0 Å². The first kappa shape index (κ1) is 16.6. The molecule has 0 amide bonds. The molecule has 2 aromatic carbocycles. The Labute approximate surface area is 135 Å². The van der Waals surface area contributed by atoms with Crippen LogP contribution in [0.4, 0.5) is 0 Å². The molecular weight excluding hydrogens is 268 g/mol. The third-order valence-corrected chi connectivity index (χ3v) is 4.55. The average Bonchev–Trinajstić information content (AvgIpc) is 2.51. The molecule has 0 atom stereocenters. The van der Waals surface area contributed by atoms with Crippen molar-refractivity contribution in [3.8, 4) is 5.75 Å². The standard InChI is InChI=1S/C21H28O/c1-6-7-18-10-11-21(22-5)14-20(18)9-8-19-13-16(3)15(2)12-17(19)4/h10-14H,6-9H2,1-5H3. The molecule has 2 rings (SSSR count). The number of aryl methyl sites for hydroxylation is 6. The summed E-state index contributed by atoms with van der Waals surface area (Å²) in [5.74, 6) is 0.965. The highest BCUT2D eigenvalue weighted by Gasteiger charge is 2.07. The lowest BCUT2D eigenvalue weighted by molar-refractivity contribution is 0.414. The summed E-state index contributed by atoms with van der Waals surface area (Å²) in [7, 11) is 1.74. The largest absolute Gasteiger partial charge is 0.497 e. The highest BCUT2D eigenvalue weighted by atomic mass is 16.5. The monoisotopic (exact) mass is 296 g/mol. The van der Waals surface area contributed by atoms with Crippen LogP contribution < -0.4 is 4.74 Å². The van der Waals surface area contributed by atoms with Gasteiger partial charge in [-0.05, 0) is 85.5 Å². The summed E-state index contributed by atoms with van der Waals surface area (Å²) in [5, 5.41) is 0. The van der Waals surface area contributed by atoms with Gasteiger partial charge in [0.1, 0.15) is 5.75 Å². The van der Waals surface area contributed by atoms with Gasteiger partial charge < -0.3 is 4.74 Å². The fourth-order valence-electron chi connectivity index (χ4n) is 3.03. The van der Waals surface area contributed by atoms with Gasteiger partial charge in [-0.25, -0.2) is 0 Å². The third kappa shape index (κ3) is 3.91. The maximum absolute atomic E-state index is 5.40. The van der Waals surface area contributed by atoms with Gasteiger partial charge in [-0.2, -0.15) is 0 Å². The van der Waals surface area contributed by atoms with E-state index in [1.165, 1.54) is 39.8 Å². The Hall–Kier alpha value is -1.76. The molecule has 0 saturated heterocycles. The number of benzene rings is 2. The molecule has 0 aromatic heterocycles. The molecule has 0 fully saturated rings. The van der Waals surface area contributed by atoms with E-state index in [0.29, 0.717) is 0 Å². The van der Waals surface area contributed by atoms with Crippen molar-refractivity contribution in [1.82, 2.24) is 0 Å². The van der Waals surface area contributed by atoms with Crippen molar-refractivity contribution in [2.75, 3.05) is 7.11 Å². The first-order chi connectivity index (χ1) is 10.5. The first-order valence-corrected chi connectivity index (χ1v) is 8.27. The number of hydrogen-bond donors (Lipinski definition) is 0. The summed E-state index contributed by atoms with van der Waals surface area (Å²) in [4.78, 5) is 0. The van der Waals surface area contributed by atoms with Crippen LogP contribution in [0.5, 0.6) is 5.75 Å². The lowest BCUT2D eigenvalue weighted by Crippen LogP contribution is -2.00. The molecule has 0 saturated carbocycles. The van der Waals surface area contributed by atoms with Crippen LogP contribution in [0, 0.1) is 20.8 Å². The second-order valence-electron chi connectivity index (χ2n) is 6.25. The lowest BCUT2D eigenvalue weighted by Gasteiger charge is -2.13. The van der Waals surface area contributed by atoms with Crippen molar-refractivity contribution in [1.29, 1.82) is 0 Å². The second-order valence-corrected chi connectivity index (χ2v) is 6.25. The molecule has 118 valence electrons. The van der Waals surface area contributed by atoms with Gasteiger partial charge in [-0.15, -0.1) is 0 Å². The highest BCUT2D eigenvalue weighted by Crippen LogP contribution is 2.22. The van der Waals surface area contributed by atoms with Crippen molar-refractivity contribution in [2.24, 2.45) is 0 Å². The summed E-state index contributed by atoms with van der Waals surface area (Å²) < 4.78 is 5.40. The van der Waals surface area contributed by atoms with Gasteiger partial charge in [-0.1, -0.05) is 31.5 Å². The SMILES string of the molecule is CCCc1ccc(OC)cc1CCc1cc(C)c(C)cc1C. The maximum atomic E-state index is 5.40. The predicted molar refractivity (Wildman–Crippen MR) is 95.1 cm³/mol. The second kappa shape index (κ2) is 7.49. The zero-order chi connectivity index (χ0) is 16.1. The summed E-state index contributed by atoms with van der Waals surface area (Å²) in [5.41, 5.74) is 8.54. The fraction of sp³-hybridized carbons (Fsp3) is 0.429. The van der Waals surface area contributed by atoms with E-state index in [4.69, 9.17) is 4.74 Å². The van der Waals surface area contributed by atoms with Gasteiger partial charge in [0.15, 0.2) is 0 Å². The molecule has 0 N–H and O–H groups in total. The number of ether oxygens (including phenoxy) is 1. The van der Waals surface area contributed by atoms with E-state index in [2.05, 4.69) is 58.0 Å². The summed E-state index contributed by atoms with van der Waals surface area (Å²) in [6.07, 6.45) is 4.50. The summed E-state index contributed by atoms with van der Waals surface area (Å²) in [6, 6.07) is 11.2. The molecule has 22 heavy (non-hydrogen) atoms. The number of rotatable bonds is 6. The van der Waals surface area contributed by atoms with E-state index in [9.17, 15) is 0 Å². The first-order valence-electron chi connectivity index (χ1n) is 8.27.